The molecule has 0 saturated heterocycles. The molecule has 1 N–H and O–H groups in total. The number of rotatable bonds is 5. The third-order valence-corrected chi connectivity index (χ3v) is 4.68. The second kappa shape index (κ2) is 7.06. The third kappa shape index (κ3) is 3.80. The van der Waals surface area contributed by atoms with E-state index in [-0.39, 0.29) is 5.97 Å². The monoisotopic (exact) mass is 281 g/mol. The van der Waals surface area contributed by atoms with E-state index in [0.29, 0.717) is 6.61 Å². The van der Waals surface area contributed by atoms with E-state index < -0.39 is 5.54 Å². The van der Waals surface area contributed by atoms with Gasteiger partial charge in [0.15, 0.2) is 0 Å². The van der Waals surface area contributed by atoms with Gasteiger partial charge in [-0.1, -0.05) is 31.7 Å². The number of carbonyl (C=O) groups excluding carboxylic acids is 1. The lowest BCUT2D eigenvalue weighted by Crippen LogP contribution is -2.52. The van der Waals surface area contributed by atoms with E-state index in [2.05, 4.69) is 16.8 Å². The van der Waals surface area contributed by atoms with Crippen LogP contribution in [0.15, 0.2) is 17.5 Å². The SMILES string of the molecule is CCOC(=O)C1(NCc2cccs2)CCCCCC1. The molecule has 0 radical (unpaired) electrons. The zero-order chi connectivity index (χ0) is 13.6. The van der Waals surface area contributed by atoms with Crippen LogP contribution in [-0.4, -0.2) is 18.1 Å². The fraction of sp³-hybridized carbons (Fsp3) is 0.667. The maximum atomic E-state index is 12.4. The van der Waals surface area contributed by atoms with Crippen LogP contribution < -0.4 is 5.32 Å². The van der Waals surface area contributed by atoms with Crippen LogP contribution in [0.3, 0.4) is 0 Å². The lowest BCUT2D eigenvalue weighted by Gasteiger charge is -2.31. The Kier molecular flexibility index (Phi) is 5.40. The zero-order valence-electron chi connectivity index (χ0n) is 11.6. The fourth-order valence-corrected chi connectivity index (χ4v) is 3.37. The van der Waals surface area contributed by atoms with Gasteiger partial charge >= 0.3 is 5.97 Å². The molecule has 1 aliphatic carbocycles. The van der Waals surface area contributed by atoms with Crippen LogP contribution in [0, 0.1) is 0 Å². The maximum absolute atomic E-state index is 12.4. The van der Waals surface area contributed by atoms with Crippen molar-refractivity contribution < 1.29 is 9.53 Å². The minimum Gasteiger partial charge on any atom is -0.465 e. The van der Waals surface area contributed by atoms with Gasteiger partial charge in [-0.15, -0.1) is 11.3 Å². The molecule has 0 amide bonds. The molecule has 0 spiro atoms. The van der Waals surface area contributed by atoms with E-state index in [0.717, 1.165) is 32.2 Å². The molecule has 106 valence electrons. The van der Waals surface area contributed by atoms with Crippen LogP contribution in [0.1, 0.15) is 50.3 Å². The molecule has 1 aromatic heterocycles. The van der Waals surface area contributed by atoms with Crippen LogP contribution in [0.4, 0.5) is 0 Å². The quantitative estimate of drug-likeness (QED) is 0.663. The third-order valence-electron chi connectivity index (χ3n) is 3.80. The molecule has 1 heterocycles. The van der Waals surface area contributed by atoms with E-state index in [1.165, 1.54) is 17.7 Å². The van der Waals surface area contributed by atoms with Gasteiger partial charge < -0.3 is 4.74 Å². The van der Waals surface area contributed by atoms with Gasteiger partial charge in [0, 0.05) is 11.4 Å². The highest BCUT2D eigenvalue weighted by Crippen LogP contribution is 2.29. The van der Waals surface area contributed by atoms with Gasteiger partial charge in [-0.25, -0.2) is 0 Å². The van der Waals surface area contributed by atoms with Crippen molar-refractivity contribution >= 4 is 17.3 Å². The van der Waals surface area contributed by atoms with Crippen LogP contribution in [0.5, 0.6) is 0 Å². The molecule has 19 heavy (non-hydrogen) atoms. The van der Waals surface area contributed by atoms with Gasteiger partial charge in [0.1, 0.15) is 5.54 Å². The number of nitrogens with one attached hydrogen (secondary N) is 1. The molecular formula is C15H23NO2S. The Morgan fingerprint density at radius 1 is 1.37 bits per heavy atom. The number of thiophene rings is 1. The highest BCUT2D eigenvalue weighted by atomic mass is 32.1. The Labute approximate surface area is 119 Å². The maximum Gasteiger partial charge on any atom is 0.326 e. The molecular weight excluding hydrogens is 258 g/mol. The van der Waals surface area contributed by atoms with E-state index in [9.17, 15) is 4.79 Å². The first-order chi connectivity index (χ1) is 9.27. The Morgan fingerprint density at radius 2 is 2.11 bits per heavy atom. The number of carbonyl (C=O) groups is 1. The van der Waals surface area contributed by atoms with Crippen LogP contribution in [0.2, 0.25) is 0 Å². The second-order valence-electron chi connectivity index (χ2n) is 5.15. The first kappa shape index (κ1) is 14.5. The zero-order valence-corrected chi connectivity index (χ0v) is 12.4. The normalized spacial score (nSPS) is 18.8. The van der Waals surface area contributed by atoms with Gasteiger partial charge in [-0.05, 0) is 31.2 Å². The van der Waals surface area contributed by atoms with Gasteiger partial charge in [0.05, 0.1) is 6.61 Å². The molecule has 0 bridgehead atoms. The lowest BCUT2D eigenvalue weighted by molar-refractivity contribution is -0.152. The molecule has 4 heteroatoms. The summed E-state index contributed by atoms with van der Waals surface area (Å²) in [6.45, 7) is 3.10. The number of esters is 1. The van der Waals surface area contributed by atoms with E-state index in [1.54, 1.807) is 11.3 Å². The van der Waals surface area contributed by atoms with Crippen molar-refractivity contribution in [1.82, 2.24) is 5.32 Å². The summed E-state index contributed by atoms with van der Waals surface area (Å²) >= 11 is 1.73. The highest BCUT2D eigenvalue weighted by Gasteiger charge is 2.39. The minimum atomic E-state index is -0.462. The van der Waals surface area contributed by atoms with Crippen molar-refractivity contribution in [2.45, 2.75) is 57.5 Å². The van der Waals surface area contributed by atoms with E-state index in [1.807, 2.05) is 13.0 Å². The summed E-state index contributed by atoms with van der Waals surface area (Å²) in [6, 6.07) is 4.15. The fourth-order valence-electron chi connectivity index (χ4n) is 2.72. The van der Waals surface area contributed by atoms with Gasteiger partial charge in [-0.2, -0.15) is 0 Å². The Morgan fingerprint density at radius 3 is 2.68 bits per heavy atom. The molecule has 1 saturated carbocycles. The highest BCUT2D eigenvalue weighted by molar-refractivity contribution is 7.09. The molecule has 2 rings (SSSR count). The number of ether oxygens (including phenoxy) is 1. The summed E-state index contributed by atoms with van der Waals surface area (Å²) in [5.74, 6) is -0.0616. The minimum absolute atomic E-state index is 0.0616. The second-order valence-corrected chi connectivity index (χ2v) is 6.18. The number of hydrogen-bond acceptors (Lipinski definition) is 4. The van der Waals surface area contributed by atoms with Crippen molar-refractivity contribution in [3.63, 3.8) is 0 Å². The lowest BCUT2D eigenvalue weighted by atomic mass is 9.90. The summed E-state index contributed by atoms with van der Waals surface area (Å²) in [4.78, 5) is 13.6. The average molecular weight is 281 g/mol. The van der Waals surface area contributed by atoms with Crippen molar-refractivity contribution in [3.8, 4) is 0 Å². The smallest absolute Gasteiger partial charge is 0.326 e. The summed E-state index contributed by atoms with van der Waals surface area (Å²) in [7, 11) is 0. The van der Waals surface area contributed by atoms with Gasteiger partial charge in [0.2, 0.25) is 0 Å². The predicted molar refractivity (Wildman–Crippen MR) is 78.2 cm³/mol. The topological polar surface area (TPSA) is 38.3 Å². The Balaban J connectivity index is 2.05. The number of hydrogen-bond donors (Lipinski definition) is 1. The van der Waals surface area contributed by atoms with E-state index in [4.69, 9.17) is 4.74 Å². The van der Waals surface area contributed by atoms with Crippen molar-refractivity contribution in [2.75, 3.05) is 6.61 Å². The standard InChI is InChI=1S/C15H23NO2S/c1-2-18-14(17)15(9-5-3-4-6-10-15)16-12-13-8-7-11-19-13/h7-8,11,16H,2-6,9-10,12H2,1H3. The van der Waals surface area contributed by atoms with Crippen LogP contribution in [-0.2, 0) is 16.1 Å². The Bertz CT molecular complexity index is 381. The van der Waals surface area contributed by atoms with Crippen LogP contribution in [0.25, 0.3) is 0 Å². The Hall–Kier alpha value is -0.870. The average Bonchev–Trinajstić information content (AvgIpc) is 2.81. The summed E-state index contributed by atoms with van der Waals surface area (Å²) in [5, 5.41) is 5.57. The molecule has 0 atom stereocenters. The molecule has 0 unspecified atom stereocenters. The first-order valence-electron chi connectivity index (χ1n) is 7.21. The van der Waals surface area contributed by atoms with Gasteiger partial charge in [0.25, 0.3) is 0 Å². The molecule has 3 nitrogen and oxygen atoms in total. The molecule has 0 aliphatic heterocycles. The summed E-state index contributed by atoms with van der Waals surface area (Å²) in [5.41, 5.74) is -0.462. The molecule has 0 aromatic carbocycles. The summed E-state index contributed by atoms with van der Waals surface area (Å²) in [6.07, 6.45) is 6.46. The van der Waals surface area contributed by atoms with E-state index >= 15 is 0 Å². The van der Waals surface area contributed by atoms with Crippen molar-refractivity contribution in [1.29, 1.82) is 0 Å². The largest absolute Gasteiger partial charge is 0.465 e. The van der Waals surface area contributed by atoms with Gasteiger partial charge in [-0.3, -0.25) is 10.1 Å². The molecule has 1 fully saturated rings. The molecule has 1 aromatic rings. The summed E-state index contributed by atoms with van der Waals surface area (Å²) < 4.78 is 5.31. The predicted octanol–water partition coefficient (Wildman–Crippen LogP) is 3.49. The van der Waals surface area contributed by atoms with Crippen molar-refractivity contribution in [3.05, 3.63) is 22.4 Å². The van der Waals surface area contributed by atoms with Crippen molar-refractivity contribution in [2.24, 2.45) is 0 Å². The first-order valence-corrected chi connectivity index (χ1v) is 8.09. The molecule has 1 aliphatic rings. The van der Waals surface area contributed by atoms with Crippen LogP contribution >= 0.6 is 11.3 Å².